The Morgan fingerprint density at radius 2 is 2.03 bits per heavy atom. The van der Waals surface area contributed by atoms with Gasteiger partial charge >= 0.3 is 0 Å². The molecule has 7 heteroatoms. The third-order valence-corrected chi connectivity index (χ3v) is 6.05. The van der Waals surface area contributed by atoms with Gasteiger partial charge in [-0.3, -0.25) is 9.69 Å². The van der Waals surface area contributed by atoms with Crippen molar-refractivity contribution < 1.29 is 22.7 Å². The topological polar surface area (TPSA) is 45.9 Å². The van der Waals surface area contributed by atoms with Crippen LogP contribution in [0.2, 0.25) is 0 Å². The molecule has 0 N–H and O–H groups in total. The predicted molar refractivity (Wildman–Crippen MR) is 103 cm³/mol. The Hall–Kier alpha value is -2.25. The molecule has 2 saturated heterocycles. The lowest BCUT2D eigenvalue weighted by Gasteiger charge is -2.40. The van der Waals surface area contributed by atoms with E-state index in [0.29, 0.717) is 43.3 Å². The molecule has 2 fully saturated rings. The number of amides is 1. The van der Waals surface area contributed by atoms with Gasteiger partial charge in [0, 0.05) is 44.3 Å². The summed E-state index contributed by atoms with van der Waals surface area (Å²) in [5.41, 5.74) is 0.383. The summed E-state index contributed by atoms with van der Waals surface area (Å²) in [4.78, 5) is 16.9. The highest BCUT2D eigenvalue weighted by atomic mass is 19.2. The minimum Gasteiger partial charge on any atom is -0.453 e. The van der Waals surface area contributed by atoms with Crippen molar-refractivity contribution in [2.75, 3.05) is 33.3 Å². The predicted octanol–water partition coefficient (Wildman–Crippen LogP) is 3.83. The van der Waals surface area contributed by atoms with Crippen molar-refractivity contribution in [2.45, 2.75) is 32.4 Å². The number of piperidine rings is 1. The number of ether oxygens (including phenoxy) is 1. The van der Waals surface area contributed by atoms with Gasteiger partial charge in [-0.1, -0.05) is 12.1 Å². The van der Waals surface area contributed by atoms with Gasteiger partial charge in [0.1, 0.15) is 12.4 Å². The number of methoxy groups -OCH3 is 1. The fourth-order valence-electron chi connectivity index (χ4n) is 4.67. The van der Waals surface area contributed by atoms with E-state index in [1.165, 1.54) is 0 Å². The zero-order chi connectivity index (χ0) is 20.4. The zero-order valence-electron chi connectivity index (χ0n) is 16.6. The lowest BCUT2D eigenvalue weighted by atomic mass is 9.79. The van der Waals surface area contributed by atoms with Crippen molar-refractivity contribution in [3.8, 4) is 0 Å². The maximum atomic E-state index is 14.1. The fraction of sp³-hybridized carbons (Fsp3) is 0.500. The van der Waals surface area contributed by atoms with Gasteiger partial charge in [0.15, 0.2) is 17.4 Å². The van der Waals surface area contributed by atoms with Gasteiger partial charge in [-0.2, -0.15) is 0 Å². The molecule has 1 aromatic carbocycles. The van der Waals surface area contributed by atoms with E-state index < -0.39 is 11.6 Å². The van der Waals surface area contributed by atoms with E-state index >= 15 is 0 Å². The normalized spacial score (nSPS) is 22.5. The average molecular weight is 404 g/mol. The fourth-order valence-corrected chi connectivity index (χ4v) is 4.67. The molecular formula is C22H26F2N2O3. The van der Waals surface area contributed by atoms with E-state index in [9.17, 15) is 13.6 Å². The number of nitrogens with zero attached hydrogens (tertiary/aromatic N) is 2. The van der Waals surface area contributed by atoms with Crippen molar-refractivity contribution in [2.24, 2.45) is 5.41 Å². The van der Waals surface area contributed by atoms with E-state index in [1.807, 2.05) is 4.90 Å². The molecule has 0 aliphatic carbocycles. The molecule has 0 radical (unpaired) electrons. The molecule has 1 aromatic heterocycles. The standard InChI is InChI=1S/C22H26F2N2O3/c1-28-13-17-6-7-19(29-17)21(27)26-11-9-22(15-26)8-3-10-25(14-22)12-16-4-2-5-18(23)20(16)24/h2,4-7H,3,8-15H2,1H3/t22-/m0/s1. The SMILES string of the molecule is COCc1ccc(C(=O)N2CC[C@]3(CCCN(Cc4cccc(F)c4F)C3)C2)o1. The van der Waals surface area contributed by atoms with Gasteiger partial charge in [-0.15, -0.1) is 0 Å². The van der Waals surface area contributed by atoms with Crippen LogP contribution in [0.3, 0.4) is 0 Å². The summed E-state index contributed by atoms with van der Waals surface area (Å²) in [5, 5.41) is 0. The maximum Gasteiger partial charge on any atom is 0.289 e. The van der Waals surface area contributed by atoms with Crippen LogP contribution < -0.4 is 0 Å². The maximum absolute atomic E-state index is 14.1. The number of hydrogen-bond acceptors (Lipinski definition) is 4. The van der Waals surface area contributed by atoms with Gasteiger partial charge < -0.3 is 14.1 Å². The van der Waals surface area contributed by atoms with E-state index in [-0.39, 0.29) is 11.3 Å². The minimum absolute atomic E-state index is 0.000334. The van der Waals surface area contributed by atoms with Crippen molar-refractivity contribution in [3.05, 3.63) is 59.1 Å². The first kappa shape index (κ1) is 20.0. The molecule has 2 aliphatic rings. The molecule has 1 atom stereocenters. The van der Waals surface area contributed by atoms with Crippen molar-refractivity contribution in [1.29, 1.82) is 0 Å². The van der Waals surface area contributed by atoms with E-state index in [1.54, 1.807) is 31.4 Å². The van der Waals surface area contributed by atoms with Crippen molar-refractivity contribution >= 4 is 5.91 Å². The van der Waals surface area contributed by atoms with Crippen LogP contribution >= 0.6 is 0 Å². The van der Waals surface area contributed by atoms with Gasteiger partial charge in [0.25, 0.3) is 5.91 Å². The van der Waals surface area contributed by atoms with Crippen LogP contribution in [0.15, 0.2) is 34.7 Å². The summed E-state index contributed by atoms with van der Waals surface area (Å²) in [5.74, 6) is -0.704. The molecule has 0 bridgehead atoms. The molecule has 2 aliphatic heterocycles. The summed E-state index contributed by atoms with van der Waals surface area (Å²) in [6.45, 7) is 3.69. The summed E-state index contributed by atoms with van der Waals surface area (Å²) >= 11 is 0. The molecule has 4 rings (SSSR count). The second-order valence-corrected chi connectivity index (χ2v) is 8.20. The Labute approximate surface area is 169 Å². The summed E-state index contributed by atoms with van der Waals surface area (Å²) in [6, 6.07) is 7.78. The lowest BCUT2D eigenvalue weighted by Crippen LogP contribution is -2.45. The van der Waals surface area contributed by atoms with Gasteiger partial charge in [0.05, 0.1) is 0 Å². The first-order valence-corrected chi connectivity index (χ1v) is 10.0. The monoisotopic (exact) mass is 404 g/mol. The number of likely N-dealkylation sites (tertiary alicyclic amines) is 2. The third-order valence-electron chi connectivity index (χ3n) is 6.05. The van der Waals surface area contributed by atoms with Gasteiger partial charge in [-0.25, -0.2) is 8.78 Å². The average Bonchev–Trinajstić information content (AvgIpc) is 3.33. The highest BCUT2D eigenvalue weighted by Crippen LogP contribution is 2.40. The Bertz CT molecular complexity index is 885. The summed E-state index contributed by atoms with van der Waals surface area (Å²) in [7, 11) is 1.58. The van der Waals surface area contributed by atoms with Crippen LogP contribution in [0.25, 0.3) is 0 Å². The molecular weight excluding hydrogens is 378 g/mol. The van der Waals surface area contributed by atoms with Crippen LogP contribution in [0.5, 0.6) is 0 Å². The first-order chi connectivity index (χ1) is 14.0. The first-order valence-electron chi connectivity index (χ1n) is 10.0. The number of benzene rings is 1. The molecule has 0 unspecified atom stereocenters. The Balaban J connectivity index is 1.41. The molecule has 0 saturated carbocycles. The minimum atomic E-state index is -0.807. The van der Waals surface area contributed by atoms with Crippen molar-refractivity contribution in [1.82, 2.24) is 9.80 Å². The van der Waals surface area contributed by atoms with Gasteiger partial charge in [0.2, 0.25) is 0 Å². The van der Waals surface area contributed by atoms with Crippen LogP contribution in [0.4, 0.5) is 8.78 Å². The smallest absolute Gasteiger partial charge is 0.289 e. The van der Waals surface area contributed by atoms with Crippen LogP contribution in [-0.4, -0.2) is 49.0 Å². The largest absolute Gasteiger partial charge is 0.453 e. The second kappa shape index (κ2) is 8.24. The summed E-state index contributed by atoms with van der Waals surface area (Å²) < 4.78 is 38.2. The number of furan rings is 1. The number of halogens is 2. The molecule has 5 nitrogen and oxygen atoms in total. The second-order valence-electron chi connectivity index (χ2n) is 8.20. The quantitative estimate of drug-likeness (QED) is 0.760. The highest BCUT2D eigenvalue weighted by Gasteiger charge is 2.43. The Morgan fingerprint density at radius 3 is 2.86 bits per heavy atom. The van der Waals surface area contributed by atoms with Crippen LogP contribution in [0.1, 0.15) is 41.1 Å². The van der Waals surface area contributed by atoms with Crippen LogP contribution in [0, 0.1) is 17.0 Å². The Morgan fingerprint density at radius 1 is 1.17 bits per heavy atom. The number of carbonyl (C=O) groups excluding carboxylic acids is 1. The van der Waals surface area contributed by atoms with Crippen LogP contribution in [-0.2, 0) is 17.9 Å². The van der Waals surface area contributed by atoms with E-state index in [2.05, 4.69) is 4.90 Å². The third kappa shape index (κ3) is 4.21. The molecule has 1 amide bonds. The van der Waals surface area contributed by atoms with E-state index in [4.69, 9.17) is 9.15 Å². The lowest BCUT2D eigenvalue weighted by molar-refractivity contribution is 0.0643. The highest BCUT2D eigenvalue weighted by molar-refractivity contribution is 5.91. The molecule has 2 aromatic rings. The zero-order valence-corrected chi connectivity index (χ0v) is 16.6. The molecule has 1 spiro atoms. The summed E-state index contributed by atoms with van der Waals surface area (Å²) in [6.07, 6.45) is 2.93. The Kier molecular flexibility index (Phi) is 5.69. The molecule has 156 valence electrons. The molecule has 29 heavy (non-hydrogen) atoms. The molecule has 3 heterocycles. The van der Waals surface area contributed by atoms with E-state index in [0.717, 1.165) is 38.4 Å². The number of hydrogen-bond donors (Lipinski definition) is 0. The van der Waals surface area contributed by atoms with Gasteiger partial charge in [-0.05, 0) is 44.0 Å². The number of rotatable bonds is 5. The van der Waals surface area contributed by atoms with Crippen molar-refractivity contribution in [3.63, 3.8) is 0 Å². The number of carbonyl (C=O) groups is 1.